The number of hydrogen-bond donors (Lipinski definition) is 1. The Labute approximate surface area is 131 Å². The zero-order chi connectivity index (χ0) is 16.3. The molecule has 0 aliphatic rings. The van der Waals surface area contributed by atoms with E-state index in [9.17, 15) is 17.4 Å². The van der Waals surface area contributed by atoms with Crippen molar-refractivity contribution in [1.29, 1.82) is 5.41 Å². The first-order valence-electron chi connectivity index (χ1n) is 6.59. The van der Waals surface area contributed by atoms with E-state index in [1.54, 1.807) is 4.57 Å². The van der Waals surface area contributed by atoms with E-state index in [-0.39, 0.29) is 10.6 Å². The number of hydrogen-bond acceptors (Lipinski definition) is 4. The summed E-state index contributed by atoms with van der Waals surface area (Å²) in [5.41, 5.74) is 0.651. The fourth-order valence-electron chi connectivity index (χ4n) is 2.01. The third-order valence-electron chi connectivity index (χ3n) is 2.88. The lowest BCUT2D eigenvalue weighted by Crippen LogP contribution is -2.18. The quantitative estimate of drug-likeness (QED) is 0.868. The van der Waals surface area contributed by atoms with Gasteiger partial charge >= 0.3 is 6.36 Å². The van der Waals surface area contributed by atoms with Crippen LogP contribution in [0.2, 0.25) is 0 Å². The number of nitrogens with one attached hydrogen (secondary N) is 1. The fraction of sp³-hybridized carbons (Fsp3) is 0.462. The maximum absolute atomic E-state index is 12.2. The van der Waals surface area contributed by atoms with Gasteiger partial charge in [-0.2, -0.15) is 0 Å². The summed E-state index contributed by atoms with van der Waals surface area (Å²) < 4.78 is 54.4. The van der Waals surface area contributed by atoms with Crippen LogP contribution in [0.4, 0.5) is 13.2 Å². The molecule has 4 nitrogen and oxygen atoms in total. The standard InChI is InChI=1S/C13H15F3N2O2S2/c1-2-6-22(19)7-5-18-10-4-3-9(20-13(14,15)16)8-11(10)21-12(18)17/h3-4,8,17H,2,5-7H2,1H3. The first kappa shape index (κ1) is 17.0. The maximum Gasteiger partial charge on any atom is 0.573 e. The van der Waals surface area contributed by atoms with Gasteiger partial charge in [0.25, 0.3) is 0 Å². The molecule has 1 atom stereocenters. The van der Waals surface area contributed by atoms with Crippen molar-refractivity contribution in [2.75, 3.05) is 11.5 Å². The average Bonchev–Trinajstić information content (AvgIpc) is 2.69. The highest BCUT2D eigenvalue weighted by molar-refractivity contribution is 7.84. The molecule has 0 bridgehead atoms. The van der Waals surface area contributed by atoms with Gasteiger partial charge in [-0.3, -0.25) is 9.62 Å². The van der Waals surface area contributed by atoms with E-state index in [1.165, 1.54) is 18.2 Å². The molecule has 0 fully saturated rings. The smallest absolute Gasteiger partial charge is 0.406 e. The summed E-state index contributed by atoms with van der Waals surface area (Å²) >= 11 is 1.07. The molecule has 1 aromatic carbocycles. The number of benzene rings is 1. The normalized spacial score (nSPS) is 13.5. The summed E-state index contributed by atoms with van der Waals surface area (Å²) in [5.74, 6) is 0.735. The molecule has 1 aromatic heterocycles. The summed E-state index contributed by atoms with van der Waals surface area (Å²) in [6, 6.07) is 3.99. The SMILES string of the molecule is CCCS(=O)CCn1c(=N)sc2cc(OC(F)(F)F)ccc21. The molecule has 9 heteroatoms. The summed E-state index contributed by atoms with van der Waals surface area (Å²) in [7, 11) is -0.947. The number of ether oxygens (including phenoxy) is 1. The Hall–Kier alpha value is -1.35. The lowest BCUT2D eigenvalue weighted by molar-refractivity contribution is -0.274. The number of aromatic nitrogens is 1. The van der Waals surface area contributed by atoms with Gasteiger partial charge in [-0.1, -0.05) is 18.3 Å². The van der Waals surface area contributed by atoms with Crippen molar-refractivity contribution >= 4 is 32.4 Å². The zero-order valence-electron chi connectivity index (χ0n) is 11.8. The lowest BCUT2D eigenvalue weighted by Gasteiger charge is -2.09. The van der Waals surface area contributed by atoms with E-state index in [0.717, 1.165) is 17.8 Å². The fourth-order valence-corrected chi connectivity index (χ4v) is 4.02. The zero-order valence-corrected chi connectivity index (χ0v) is 13.4. The van der Waals surface area contributed by atoms with E-state index in [0.29, 0.717) is 28.3 Å². The van der Waals surface area contributed by atoms with Crippen molar-refractivity contribution in [2.45, 2.75) is 26.3 Å². The van der Waals surface area contributed by atoms with Crippen LogP contribution in [0.25, 0.3) is 10.2 Å². The van der Waals surface area contributed by atoms with Gasteiger partial charge in [-0.15, -0.1) is 13.2 Å². The highest BCUT2D eigenvalue weighted by atomic mass is 32.2. The molecule has 0 aliphatic carbocycles. The molecule has 2 rings (SSSR count). The number of alkyl halides is 3. The summed E-state index contributed by atoms with van der Waals surface area (Å²) in [6.07, 6.45) is -3.91. The van der Waals surface area contributed by atoms with Gasteiger partial charge in [0.15, 0.2) is 4.80 Å². The number of fused-ring (bicyclic) bond motifs is 1. The number of nitrogens with zero attached hydrogens (tertiary/aromatic N) is 1. The van der Waals surface area contributed by atoms with Crippen LogP contribution in [0.5, 0.6) is 5.75 Å². The van der Waals surface area contributed by atoms with E-state index in [2.05, 4.69) is 4.74 Å². The van der Waals surface area contributed by atoms with Gasteiger partial charge in [0.05, 0.1) is 10.2 Å². The van der Waals surface area contributed by atoms with Crippen LogP contribution in [0.15, 0.2) is 18.2 Å². The van der Waals surface area contributed by atoms with Crippen LogP contribution < -0.4 is 9.54 Å². The minimum absolute atomic E-state index is 0.215. The monoisotopic (exact) mass is 352 g/mol. The predicted molar refractivity (Wildman–Crippen MR) is 80.5 cm³/mol. The molecular weight excluding hydrogens is 337 g/mol. The van der Waals surface area contributed by atoms with Gasteiger partial charge in [0.2, 0.25) is 0 Å². The largest absolute Gasteiger partial charge is 0.573 e. The molecular formula is C13H15F3N2O2S2. The Bertz CT molecular complexity index is 737. The molecule has 0 amide bonds. The van der Waals surface area contributed by atoms with Crippen molar-refractivity contribution in [2.24, 2.45) is 0 Å². The highest BCUT2D eigenvalue weighted by Gasteiger charge is 2.31. The van der Waals surface area contributed by atoms with Gasteiger partial charge in [-0.25, -0.2) is 0 Å². The Morgan fingerprint density at radius 3 is 2.73 bits per heavy atom. The van der Waals surface area contributed by atoms with Crippen LogP contribution >= 0.6 is 11.3 Å². The average molecular weight is 352 g/mol. The van der Waals surface area contributed by atoms with Crippen molar-refractivity contribution in [3.8, 4) is 5.75 Å². The Morgan fingerprint density at radius 1 is 1.36 bits per heavy atom. The van der Waals surface area contributed by atoms with Crippen LogP contribution in [-0.4, -0.2) is 26.6 Å². The van der Waals surface area contributed by atoms with E-state index >= 15 is 0 Å². The minimum atomic E-state index is -4.73. The minimum Gasteiger partial charge on any atom is -0.406 e. The maximum atomic E-state index is 12.2. The Morgan fingerprint density at radius 2 is 2.09 bits per heavy atom. The van der Waals surface area contributed by atoms with Crippen LogP contribution in [0, 0.1) is 5.41 Å². The number of halogens is 3. The molecule has 22 heavy (non-hydrogen) atoms. The topological polar surface area (TPSA) is 55.1 Å². The van der Waals surface area contributed by atoms with Crippen molar-refractivity contribution in [3.63, 3.8) is 0 Å². The molecule has 0 spiro atoms. The predicted octanol–water partition coefficient (Wildman–Crippen LogP) is 3.24. The molecule has 1 heterocycles. The second-order valence-electron chi connectivity index (χ2n) is 4.58. The first-order valence-corrected chi connectivity index (χ1v) is 8.89. The molecule has 1 unspecified atom stereocenters. The first-order chi connectivity index (χ1) is 10.3. The van der Waals surface area contributed by atoms with Crippen molar-refractivity contribution in [3.05, 3.63) is 23.0 Å². The molecule has 1 N–H and O–H groups in total. The summed E-state index contributed by atoms with van der Waals surface area (Å²) in [4.78, 5) is 0.215. The molecule has 0 saturated heterocycles. The highest BCUT2D eigenvalue weighted by Crippen LogP contribution is 2.27. The third-order valence-corrected chi connectivity index (χ3v) is 5.34. The second-order valence-corrected chi connectivity index (χ2v) is 7.31. The van der Waals surface area contributed by atoms with Gasteiger partial charge in [-0.05, 0) is 24.6 Å². The van der Waals surface area contributed by atoms with Crippen LogP contribution in [0.1, 0.15) is 13.3 Å². The van der Waals surface area contributed by atoms with Gasteiger partial charge in [0, 0.05) is 28.9 Å². The van der Waals surface area contributed by atoms with Crippen LogP contribution in [0.3, 0.4) is 0 Å². The third kappa shape index (κ3) is 4.33. The summed E-state index contributed by atoms with van der Waals surface area (Å²) in [5, 5.41) is 7.92. The van der Waals surface area contributed by atoms with E-state index in [1.807, 2.05) is 6.92 Å². The van der Waals surface area contributed by atoms with Crippen molar-refractivity contribution < 1.29 is 22.1 Å². The molecule has 0 saturated carbocycles. The molecule has 2 aromatic rings. The van der Waals surface area contributed by atoms with Gasteiger partial charge in [0.1, 0.15) is 5.75 Å². The van der Waals surface area contributed by atoms with Crippen LogP contribution in [-0.2, 0) is 17.3 Å². The van der Waals surface area contributed by atoms with Gasteiger partial charge < -0.3 is 9.30 Å². The molecule has 0 aliphatic heterocycles. The number of aryl methyl sites for hydroxylation is 1. The number of rotatable bonds is 6. The summed E-state index contributed by atoms with van der Waals surface area (Å²) in [6.45, 7) is 2.36. The lowest BCUT2D eigenvalue weighted by atomic mass is 10.3. The Balaban J connectivity index is 2.24. The Kier molecular flexibility index (Phi) is 5.28. The van der Waals surface area contributed by atoms with E-state index < -0.39 is 17.2 Å². The second kappa shape index (κ2) is 6.82. The van der Waals surface area contributed by atoms with Crippen molar-refractivity contribution in [1.82, 2.24) is 4.57 Å². The van der Waals surface area contributed by atoms with E-state index in [4.69, 9.17) is 5.41 Å². The molecule has 0 radical (unpaired) electrons. The number of thiazole rings is 1. The molecule has 122 valence electrons.